The third-order valence-electron chi connectivity index (χ3n) is 1.77. The lowest BCUT2D eigenvalue weighted by molar-refractivity contribution is 0.170. The smallest absolute Gasteiger partial charge is 0.0931 e. The highest BCUT2D eigenvalue weighted by atomic mass is 35.5. The van der Waals surface area contributed by atoms with Crippen molar-refractivity contribution >= 4 is 22.9 Å². The topological polar surface area (TPSA) is 20.2 Å². The minimum atomic E-state index is -0.301. The zero-order valence-corrected chi connectivity index (χ0v) is 8.12. The molecule has 1 N–H and O–H groups in total. The lowest BCUT2D eigenvalue weighted by Gasteiger charge is -2.11. The number of halogens is 1. The molecule has 2 atom stereocenters. The molecule has 2 unspecified atom stereocenters. The Morgan fingerprint density at radius 2 is 2.09 bits per heavy atom. The fraction of sp³-hybridized carbons (Fsp3) is 0.500. The molecular formula is C8H11ClOS. The van der Waals surface area contributed by atoms with Crippen molar-refractivity contribution in [3.8, 4) is 0 Å². The summed E-state index contributed by atoms with van der Waals surface area (Å²) >= 11 is 7.28. The molecule has 0 aliphatic heterocycles. The second-order valence-electron chi connectivity index (χ2n) is 2.67. The molecule has 0 aliphatic carbocycles. The minimum absolute atomic E-state index is 0.187. The van der Waals surface area contributed by atoms with Gasteiger partial charge in [0.2, 0.25) is 0 Å². The van der Waals surface area contributed by atoms with E-state index in [-0.39, 0.29) is 12.0 Å². The van der Waals surface area contributed by atoms with Crippen molar-refractivity contribution in [3.63, 3.8) is 0 Å². The number of aliphatic hydroxyl groups excluding tert-OH is 1. The maximum absolute atomic E-state index is 9.25. The Morgan fingerprint density at radius 3 is 2.45 bits per heavy atom. The van der Waals surface area contributed by atoms with Crippen LogP contribution in [0, 0.1) is 0 Å². The maximum Gasteiger partial charge on any atom is 0.0931 e. The Morgan fingerprint density at radius 1 is 1.45 bits per heavy atom. The first kappa shape index (κ1) is 9.04. The summed E-state index contributed by atoms with van der Waals surface area (Å²) in [4.78, 5) is 1.14. The molecule has 0 saturated carbocycles. The summed E-state index contributed by atoms with van der Waals surface area (Å²) in [5, 5.41) is 9.25. The Balaban J connectivity index is 2.76. The summed E-state index contributed by atoms with van der Waals surface area (Å²) in [6.07, 6.45) is -0.301. The summed E-state index contributed by atoms with van der Waals surface area (Å²) in [6.45, 7) is 3.78. The third-order valence-corrected chi connectivity index (χ3v) is 3.20. The van der Waals surface area contributed by atoms with Crippen molar-refractivity contribution in [2.75, 3.05) is 0 Å². The Bertz CT molecular complexity index is 232. The molecule has 1 aromatic rings. The van der Waals surface area contributed by atoms with Gasteiger partial charge < -0.3 is 5.11 Å². The van der Waals surface area contributed by atoms with Gasteiger partial charge in [0.1, 0.15) is 0 Å². The van der Waals surface area contributed by atoms with Crippen LogP contribution >= 0.6 is 22.9 Å². The van der Waals surface area contributed by atoms with Gasteiger partial charge in [0.15, 0.2) is 0 Å². The van der Waals surface area contributed by atoms with Crippen LogP contribution < -0.4 is 0 Å². The Kier molecular flexibility index (Phi) is 2.93. The molecule has 62 valence electrons. The van der Waals surface area contributed by atoms with E-state index in [1.165, 1.54) is 11.3 Å². The molecule has 0 saturated heterocycles. The monoisotopic (exact) mass is 190 g/mol. The molecule has 0 bridgehead atoms. The molecule has 0 amide bonds. The minimum Gasteiger partial charge on any atom is -0.393 e. The highest BCUT2D eigenvalue weighted by Crippen LogP contribution is 2.29. The molecule has 1 heterocycles. The normalized spacial score (nSPS) is 16.4. The van der Waals surface area contributed by atoms with Crippen LogP contribution in [0.25, 0.3) is 0 Å². The summed E-state index contributed by atoms with van der Waals surface area (Å²) in [5.41, 5.74) is 0. The summed E-state index contributed by atoms with van der Waals surface area (Å²) < 4.78 is 0.785. The quantitative estimate of drug-likeness (QED) is 0.761. The van der Waals surface area contributed by atoms with Gasteiger partial charge in [0.25, 0.3) is 0 Å². The first-order chi connectivity index (χ1) is 5.11. The molecule has 1 aromatic heterocycles. The van der Waals surface area contributed by atoms with Crippen molar-refractivity contribution in [2.24, 2.45) is 0 Å². The van der Waals surface area contributed by atoms with Gasteiger partial charge in [0, 0.05) is 10.8 Å². The van der Waals surface area contributed by atoms with Gasteiger partial charge in [-0.1, -0.05) is 18.5 Å². The van der Waals surface area contributed by atoms with E-state index in [0.29, 0.717) is 0 Å². The van der Waals surface area contributed by atoms with Crippen molar-refractivity contribution < 1.29 is 5.11 Å². The fourth-order valence-electron chi connectivity index (χ4n) is 0.811. The highest BCUT2D eigenvalue weighted by Gasteiger charge is 2.12. The lowest BCUT2D eigenvalue weighted by Crippen LogP contribution is -2.09. The number of hydrogen-bond donors (Lipinski definition) is 1. The van der Waals surface area contributed by atoms with E-state index in [4.69, 9.17) is 11.6 Å². The summed E-state index contributed by atoms with van der Waals surface area (Å²) in [6, 6.07) is 3.82. The van der Waals surface area contributed by atoms with Gasteiger partial charge in [-0.3, -0.25) is 0 Å². The van der Waals surface area contributed by atoms with Crippen LogP contribution in [0.3, 0.4) is 0 Å². The van der Waals surface area contributed by atoms with Crippen LogP contribution in [-0.4, -0.2) is 11.2 Å². The standard InChI is InChI=1S/C8H11ClOS/c1-5(6(2)10)7-3-4-8(9)11-7/h3-6,10H,1-2H3. The highest BCUT2D eigenvalue weighted by molar-refractivity contribution is 7.16. The molecule has 0 fully saturated rings. The molecule has 11 heavy (non-hydrogen) atoms. The van der Waals surface area contributed by atoms with Gasteiger partial charge >= 0.3 is 0 Å². The second kappa shape index (κ2) is 3.57. The molecule has 3 heteroatoms. The average molecular weight is 191 g/mol. The predicted octanol–water partition coefficient (Wildman–Crippen LogP) is 2.89. The molecule has 1 rings (SSSR count). The second-order valence-corrected chi connectivity index (χ2v) is 4.42. The molecule has 0 aliphatic rings. The first-order valence-corrected chi connectivity index (χ1v) is 4.74. The van der Waals surface area contributed by atoms with E-state index in [1.807, 2.05) is 19.1 Å². The Labute approximate surface area is 75.6 Å². The zero-order chi connectivity index (χ0) is 8.43. The fourth-order valence-corrected chi connectivity index (χ4v) is 2.02. The van der Waals surface area contributed by atoms with Crippen LogP contribution in [-0.2, 0) is 0 Å². The molecule has 1 nitrogen and oxygen atoms in total. The van der Waals surface area contributed by atoms with Gasteiger partial charge in [-0.2, -0.15) is 0 Å². The maximum atomic E-state index is 9.25. The zero-order valence-electron chi connectivity index (χ0n) is 6.54. The van der Waals surface area contributed by atoms with Crippen LogP contribution in [0.2, 0.25) is 4.34 Å². The molecule has 0 radical (unpaired) electrons. The molecule has 0 aromatic carbocycles. The van der Waals surface area contributed by atoms with Crippen LogP contribution in [0.5, 0.6) is 0 Å². The molecule has 0 spiro atoms. The van der Waals surface area contributed by atoms with Gasteiger partial charge in [-0.15, -0.1) is 11.3 Å². The van der Waals surface area contributed by atoms with Gasteiger partial charge in [0.05, 0.1) is 10.4 Å². The van der Waals surface area contributed by atoms with Crippen molar-refractivity contribution in [3.05, 3.63) is 21.3 Å². The van der Waals surface area contributed by atoms with E-state index in [1.54, 1.807) is 6.92 Å². The number of hydrogen-bond acceptors (Lipinski definition) is 2. The van der Waals surface area contributed by atoms with Crippen molar-refractivity contribution in [2.45, 2.75) is 25.9 Å². The largest absolute Gasteiger partial charge is 0.393 e. The number of aliphatic hydroxyl groups is 1. The molecular weight excluding hydrogens is 180 g/mol. The van der Waals surface area contributed by atoms with Crippen molar-refractivity contribution in [1.82, 2.24) is 0 Å². The Hall–Kier alpha value is -0.0500. The van der Waals surface area contributed by atoms with Crippen LogP contribution in [0.4, 0.5) is 0 Å². The van der Waals surface area contributed by atoms with E-state index >= 15 is 0 Å². The third kappa shape index (κ3) is 2.19. The van der Waals surface area contributed by atoms with E-state index in [0.717, 1.165) is 9.21 Å². The number of thiophene rings is 1. The summed E-state index contributed by atoms with van der Waals surface area (Å²) in [7, 11) is 0. The SMILES string of the molecule is CC(O)C(C)c1ccc(Cl)s1. The van der Waals surface area contributed by atoms with E-state index in [2.05, 4.69) is 0 Å². The predicted molar refractivity (Wildman–Crippen MR) is 49.4 cm³/mol. The van der Waals surface area contributed by atoms with E-state index in [9.17, 15) is 5.11 Å². The van der Waals surface area contributed by atoms with E-state index < -0.39 is 0 Å². The van der Waals surface area contributed by atoms with Gasteiger partial charge in [-0.05, 0) is 19.1 Å². The lowest BCUT2D eigenvalue weighted by atomic mass is 10.1. The van der Waals surface area contributed by atoms with Gasteiger partial charge in [-0.25, -0.2) is 0 Å². The van der Waals surface area contributed by atoms with Crippen LogP contribution in [0.1, 0.15) is 24.6 Å². The average Bonchev–Trinajstić information content (AvgIpc) is 2.34. The number of rotatable bonds is 2. The first-order valence-electron chi connectivity index (χ1n) is 3.54. The van der Waals surface area contributed by atoms with Crippen molar-refractivity contribution in [1.29, 1.82) is 0 Å². The summed E-state index contributed by atoms with van der Waals surface area (Å²) in [5.74, 6) is 0.187. The van der Waals surface area contributed by atoms with Crippen LogP contribution in [0.15, 0.2) is 12.1 Å².